The lowest BCUT2D eigenvalue weighted by Gasteiger charge is -2.05. The Hall–Kier alpha value is -1.10. The van der Waals surface area contributed by atoms with Crippen molar-refractivity contribution in [1.82, 2.24) is 4.98 Å². The normalized spacial score (nSPS) is 10.7. The SMILES string of the molecule is Nc1nc(N)c(C(F)F)cc1Cl. The lowest BCUT2D eigenvalue weighted by atomic mass is 10.2. The van der Waals surface area contributed by atoms with Gasteiger partial charge in [0.25, 0.3) is 6.43 Å². The van der Waals surface area contributed by atoms with Crippen molar-refractivity contribution in [3.63, 3.8) is 0 Å². The van der Waals surface area contributed by atoms with E-state index in [0.717, 1.165) is 6.07 Å². The van der Waals surface area contributed by atoms with Gasteiger partial charge in [-0.15, -0.1) is 0 Å². The standard InChI is InChI=1S/C6H6ClF2N3/c7-3-1-2(4(8)9)5(10)12-6(3)11/h1,4H,(H4,10,11,12). The Balaban J connectivity index is 3.23. The molecule has 0 aromatic carbocycles. The van der Waals surface area contributed by atoms with Crippen LogP contribution in [-0.2, 0) is 0 Å². The molecule has 1 rings (SSSR count). The van der Waals surface area contributed by atoms with Gasteiger partial charge >= 0.3 is 0 Å². The summed E-state index contributed by atoms with van der Waals surface area (Å²) in [5.41, 5.74) is 9.99. The maximum atomic E-state index is 12.1. The van der Waals surface area contributed by atoms with E-state index in [1.54, 1.807) is 0 Å². The lowest BCUT2D eigenvalue weighted by molar-refractivity contribution is 0.152. The Morgan fingerprint density at radius 2 is 1.92 bits per heavy atom. The first-order valence-corrected chi connectivity index (χ1v) is 3.39. The number of hydrogen-bond donors (Lipinski definition) is 2. The van der Waals surface area contributed by atoms with E-state index in [1.165, 1.54) is 0 Å². The fourth-order valence-corrected chi connectivity index (χ4v) is 0.867. The first-order valence-electron chi connectivity index (χ1n) is 3.02. The van der Waals surface area contributed by atoms with Crippen LogP contribution in [0.1, 0.15) is 12.0 Å². The average molecular weight is 194 g/mol. The van der Waals surface area contributed by atoms with E-state index in [9.17, 15) is 8.78 Å². The second kappa shape index (κ2) is 3.10. The van der Waals surface area contributed by atoms with Gasteiger partial charge in [0, 0.05) is 0 Å². The molecule has 1 heterocycles. The van der Waals surface area contributed by atoms with E-state index in [1.807, 2.05) is 0 Å². The van der Waals surface area contributed by atoms with E-state index in [-0.39, 0.29) is 16.7 Å². The number of pyridine rings is 1. The summed E-state index contributed by atoms with van der Waals surface area (Å²) < 4.78 is 24.2. The van der Waals surface area contributed by atoms with Crippen LogP contribution in [0.15, 0.2) is 6.07 Å². The van der Waals surface area contributed by atoms with Gasteiger partial charge in [-0.3, -0.25) is 0 Å². The number of nitrogen functional groups attached to an aromatic ring is 2. The highest BCUT2D eigenvalue weighted by atomic mass is 35.5. The monoisotopic (exact) mass is 193 g/mol. The summed E-state index contributed by atoms with van der Waals surface area (Å²) in [5.74, 6) is -0.328. The molecule has 12 heavy (non-hydrogen) atoms. The summed E-state index contributed by atoms with van der Waals surface area (Å²) in [4.78, 5) is 3.44. The molecule has 1 aromatic rings. The van der Waals surface area contributed by atoms with Crippen molar-refractivity contribution in [2.45, 2.75) is 6.43 Å². The highest BCUT2D eigenvalue weighted by Gasteiger charge is 2.14. The molecule has 0 bridgehead atoms. The Kier molecular flexibility index (Phi) is 2.32. The van der Waals surface area contributed by atoms with E-state index in [2.05, 4.69) is 4.98 Å². The van der Waals surface area contributed by atoms with Crippen LogP contribution in [0.5, 0.6) is 0 Å². The van der Waals surface area contributed by atoms with Crippen LogP contribution in [0, 0.1) is 0 Å². The highest BCUT2D eigenvalue weighted by Crippen LogP contribution is 2.28. The number of aromatic nitrogens is 1. The number of nitrogens with two attached hydrogens (primary N) is 2. The smallest absolute Gasteiger partial charge is 0.267 e. The molecule has 0 aliphatic heterocycles. The summed E-state index contributed by atoms with van der Waals surface area (Å²) in [6.07, 6.45) is -2.68. The molecule has 0 saturated carbocycles. The predicted molar refractivity (Wildman–Crippen MR) is 43.0 cm³/mol. The topological polar surface area (TPSA) is 64.9 Å². The van der Waals surface area contributed by atoms with Crippen LogP contribution in [0.25, 0.3) is 0 Å². The van der Waals surface area contributed by atoms with Gasteiger partial charge in [-0.1, -0.05) is 11.6 Å². The second-order valence-corrected chi connectivity index (χ2v) is 2.54. The van der Waals surface area contributed by atoms with E-state index >= 15 is 0 Å². The van der Waals surface area contributed by atoms with Crippen LogP contribution in [0.2, 0.25) is 5.02 Å². The molecule has 3 nitrogen and oxygen atoms in total. The first kappa shape index (κ1) is 8.99. The van der Waals surface area contributed by atoms with Crippen molar-refractivity contribution in [1.29, 1.82) is 0 Å². The van der Waals surface area contributed by atoms with Crippen LogP contribution in [0.3, 0.4) is 0 Å². The van der Waals surface area contributed by atoms with E-state index in [0.29, 0.717) is 0 Å². The molecule has 0 spiro atoms. The number of halogens is 3. The molecule has 0 fully saturated rings. The minimum atomic E-state index is -2.68. The molecule has 0 aliphatic carbocycles. The van der Waals surface area contributed by atoms with Crippen LogP contribution in [-0.4, -0.2) is 4.98 Å². The van der Waals surface area contributed by atoms with Crippen molar-refractivity contribution in [3.8, 4) is 0 Å². The number of rotatable bonds is 1. The fraction of sp³-hybridized carbons (Fsp3) is 0.167. The number of anilines is 2. The van der Waals surface area contributed by atoms with Crippen molar-refractivity contribution in [3.05, 3.63) is 16.7 Å². The summed E-state index contributed by atoms with van der Waals surface area (Å²) in [7, 11) is 0. The largest absolute Gasteiger partial charge is 0.383 e. The summed E-state index contributed by atoms with van der Waals surface area (Å²) in [5, 5.41) is -0.0144. The zero-order chi connectivity index (χ0) is 9.30. The Morgan fingerprint density at radius 3 is 2.42 bits per heavy atom. The van der Waals surface area contributed by atoms with Gasteiger partial charge in [-0.25, -0.2) is 13.8 Å². The predicted octanol–water partition coefficient (Wildman–Crippen LogP) is 1.84. The number of nitrogens with zero attached hydrogens (tertiary/aromatic N) is 1. The van der Waals surface area contributed by atoms with Gasteiger partial charge in [-0.2, -0.15) is 0 Å². The molecule has 1 aromatic heterocycles. The number of alkyl halides is 2. The Bertz CT molecular complexity index is 303. The van der Waals surface area contributed by atoms with Gasteiger partial charge in [0.1, 0.15) is 11.6 Å². The maximum absolute atomic E-state index is 12.1. The van der Waals surface area contributed by atoms with Crippen LogP contribution < -0.4 is 11.5 Å². The minimum Gasteiger partial charge on any atom is -0.383 e. The van der Waals surface area contributed by atoms with Crippen molar-refractivity contribution >= 4 is 23.2 Å². The van der Waals surface area contributed by atoms with Gasteiger partial charge in [0.2, 0.25) is 0 Å². The van der Waals surface area contributed by atoms with Crippen LogP contribution >= 0.6 is 11.6 Å². The van der Waals surface area contributed by atoms with Gasteiger partial charge in [0.05, 0.1) is 10.6 Å². The maximum Gasteiger partial charge on any atom is 0.267 e. The zero-order valence-electron chi connectivity index (χ0n) is 5.89. The molecule has 0 atom stereocenters. The quantitative estimate of drug-likeness (QED) is 0.715. The number of hydrogen-bond acceptors (Lipinski definition) is 3. The third kappa shape index (κ3) is 1.55. The first-order chi connectivity index (χ1) is 5.52. The van der Waals surface area contributed by atoms with Gasteiger partial charge < -0.3 is 11.5 Å². The zero-order valence-corrected chi connectivity index (χ0v) is 6.65. The molecule has 0 amide bonds. The van der Waals surface area contributed by atoms with Gasteiger partial charge in [0.15, 0.2) is 0 Å². The summed E-state index contributed by atoms with van der Waals surface area (Å²) >= 11 is 5.45. The molecular weight excluding hydrogens is 188 g/mol. The highest BCUT2D eigenvalue weighted by molar-refractivity contribution is 6.32. The Labute approximate surface area is 72.3 Å². The van der Waals surface area contributed by atoms with Crippen molar-refractivity contribution in [2.24, 2.45) is 0 Å². The van der Waals surface area contributed by atoms with E-state index < -0.39 is 12.0 Å². The van der Waals surface area contributed by atoms with Gasteiger partial charge in [-0.05, 0) is 6.07 Å². The second-order valence-electron chi connectivity index (χ2n) is 2.13. The lowest BCUT2D eigenvalue weighted by Crippen LogP contribution is -2.02. The molecule has 0 aliphatic rings. The van der Waals surface area contributed by atoms with E-state index in [4.69, 9.17) is 23.1 Å². The minimum absolute atomic E-state index is 0.0144. The third-order valence-electron chi connectivity index (χ3n) is 1.30. The molecule has 0 saturated heterocycles. The molecule has 6 heteroatoms. The van der Waals surface area contributed by atoms with Crippen LogP contribution in [0.4, 0.5) is 20.4 Å². The average Bonchev–Trinajstić information content (AvgIpc) is 1.96. The molecular formula is C6H6ClF2N3. The summed E-state index contributed by atoms with van der Waals surface area (Å²) in [6, 6.07) is 1.02. The molecule has 0 unspecified atom stereocenters. The Morgan fingerprint density at radius 1 is 1.33 bits per heavy atom. The molecule has 66 valence electrons. The summed E-state index contributed by atoms with van der Waals surface area (Å²) in [6.45, 7) is 0. The van der Waals surface area contributed by atoms with Crippen molar-refractivity contribution < 1.29 is 8.78 Å². The van der Waals surface area contributed by atoms with Crippen molar-refractivity contribution in [2.75, 3.05) is 11.5 Å². The fourth-order valence-electron chi connectivity index (χ4n) is 0.707. The molecule has 0 radical (unpaired) electrons. The molecule has 4 N–H and O–H groups in total. The third-order valence-corrected chi connectivity index (χ3v) is 1.60.